The lowest BCUT2D eigenvalue weighted by Gasteiger charge is -2.21. The van der Waals surface area contributed by atoms with Crippen LogP contribution in [-0.4, -0.2) is 60.5 Å². The normalized spacial score (nSPS) is 22.4. The number of carbonyl (C=O) groups excluding carboxylic acids is 2. The van der Waals surface area contributed by atoms with E-state index in [9.17, 15) is 18.4 Å². The van der Waals surface area contributed by atoms with E-state index < -0.39 is 40.9 Å². The molecule has 1 aromatic rings. The van der Waals surface area contributed by atoms with Crippen molar-refractivity contribution >= 4 is 40.5 Å². The predicted octanol–water partition coefficient (Wildman–Crippen LogP) is 4.36. The molecule has 2 atom stereocenters. The number of likely N-dealkylation sites (tertiary alicyclic amines) is 1. The average molecular weight is 527 g/mol. The van der Waals surface area contributed by atoms with Gasteiger partial charge in [-0.1, -0.05) is 19.1 Å². The van der Waals surface area contributed by atoms with E-state index in [1.54, 1.807) is 19.1 Å². The molecule has 12 heteroatoms. The van der Waals surface area contributed by atoms with Crippen LogP contribution in [0.4, 0.5) is 33.7 Å². The second kappa shape index (κ2) is 10.9. The molecule has 0 spiro atoms. The SMILES string of the molecule is CC1CC(=O)C(N2CCCC2)=CC=C1Nc1c(F)cc(N2C[C@H](CNC(=S)C(F)F)OC2=O)cc1F. The Balaban J connectivity index is 1.48. The van der Waals surface area contributed by atoms with Crippen LogP contribution < -0.4 is 15.5 Å². The average Bonchev–Trinajstić information content (AvgIpc) is 3.45. The summed E-state index contributed by atoms with van der Waals surface area (Å²) in [5.41, 5.74) is 0.618. The van der Waals surface area contributed by atoms with Crippen LogP contribution in [0.5, 0.6) is 0 Å². The predicted molar refractivity (Wildman–Crippen MR) is 130 cm³/mol. The number of halogens is 4. The van der Waals surface area contributed by atoms with Crippen molar-refractivity contribution < 1.29 is 31.9 Å². The topological polar surface area (TPSA) is 73.9 Å². The highest BCUT2D eigenvalue weighted by molar-refractivity contribution is 7.80. The number of hydrogen-bond donors (Lipinski definition) is 2. The molecular weight excluding hydrogens is 500 g/mol. The molecule has 1 amide bonds. The summed E-state index contributed by atoms with van der Waals surface area (Å²) in [5.74, 6) is -2.19. The summed E-state index contributed by atoms with van der Waals surface area (Å²) in [6.07, 6.45) is 1.07. The van der Waals surface area contributed by atoms with Gasteiger partial charge in [-0.3, -0.25) is 9.69 Å². The number of benzene rings is 1. The summed E-state index contributed by atoms with van der Waals surface area (Å²) < 4.78 is 60.2. The van der Waals surface area contributed by atoms with Gasteiger partial charge in [0.2, 0.25) is 0 Å². The molecule has 0 radical (unpaired) electrons. The van der Waals surface area contributed by atoms with Crippen molar-refractivity contribution in [2.75, 3.05) is 36.4 Å². The van der Waals surface area contributed by atoms with Gasteiger partial charge in [0.1, 0.15) is 16.8 Å². The molecule has 2 fully saturated rings. The Bertz CT molecular complexity index is 1100. The van der Waals surface area contributed by atoms with Gasteiger partial charge in [-0.15, -0.1) is 0 Å². The lowest BCUT2D eigenvalue weighted by Crippen LogP contribution is -2.36. The fraction of sp³-hybridized carbons (Fsp3) is 0.458. The molecule has 1 aromatic carbocycles. The number of anilines is 2. The van der Waals surface area contributed by atoms with Gasteiger partial charge in [0.15, 0.2) is 17.4 Å². The highest BCUT2D eigenvalue weighted by atomic mass is 32.1. The first kappa shape index (κ1) is 25.9. The number of allylic oxidation sites excluding steroid dienone is 4. The van der Waals surface area contributed by atoms with Gasteiger partial charge in [-0.05, 0) is 25.0 Å². The molecule has 1 aliphatic carbocycles. The van der Waals surface area contributed by atoms with Crippen molar-refractivity contribution in [2.24, 2.45) is 5.92 Å². The second-order valence-electron chi connectivity index (χ2n) is 8.97. The zero-order valence-electron chi connectivity index (χ0n) is 19.5. The fourth-order valence-corrected chi connectivity index (χ4v) is 4.52. The Kier molecular flexibility index (Phi) is 7.82. The summed E-state index contributed by atoms with van der Waals surface area (Å²) in [6, 6.07) is 1.98. The first-order valence-corrected chi connectivity index (χ1v) is 12.0. The summed E-state index contributed by atoms with van der Waals surface area (Å²) in [7, 11) is 0. The lowest BCUT2D eigenvalue weighted by molar-refractivity contribution is -0.117. The molecule has 1 unspecified atom stereocenters. The summed E-state index contributed by atoms with van der Waals surface area (Å²) in [5, 5.41) is 5.09. The standard InChI is InChI=1S/C24H26F4N4O3S/c1-13-8-20(33)19(31-6-2-3-7-31)5-4-18(13)30-21-16(25)9-14(10-17(21)26)32-12-15(35-24(32)34)11-29-23(36)22(27)28/h4-5,9-10,13,15,22,30H,2-3,6-8,11-12H2,1H3,(H,29,36)/t13?,15-/m0/s1. The highest BCUT2D eigenvalue weighted by Crippen LogP contribution is 2.32. The molecule has 2 aliphatic heterocycles. The maximum atomic E-state index is 15.0. The molecule has 4 rings (SSSR count). The number of amides is 1. The van der Waals surface area contributed by atoms with Crippen molar-refractivity contribution in [3.8, 4) is 0 Å². The number of ketones is 1. The Morgan fingerprint density at radius 2 is 1.83 bits per heavy atom. The van der Waals surface area contributed by atoms with Gasteiger partial charge in [0.25, 0.3) is 6.43 Å². The van der Waals surface area contributed by atoms with Crippen molar-refractivity contribution in [3.05, 3.63) is 47.3 Å². The number of rotatable bonds is 7. The third-order valence-electron chi connectivity index (χ3n) is 6.36. The van der Waals surface area contributed by atoms with Gasteiger partial charge < -0.3 is 20.3 Å². The summed E-state index contributed by atoms with van der Waals surface area (Å²) in [4.78, 5) is 27.3. The summed E-state index contributed by atoms with van der Waals surface area (Å²) >= 11 is 4.49. The molecule has 2 heterocycles. The molecule has 3 aliphatic rings. The van der Waals surface area contributed by atoms with Crippen molar-refractivity contribution in [2.45, 2.75) is 38.7 Å². The molecule has 7 nitrogen and oxygen atoms in total. The van der Waals surface area contributed by atoms with E-state index in [0.29, 0.717) is 11.4 Å². The number of cyclic esters (lactones) is 1. The van der Waals surface area contributed by atoms with Crippen molar-refractivity contribution in [3.63, 3.8) is 0 Å². The quantitative estimate of drug-likeness (QED) is 0.404. The van der Waals surface area contributed by atoms with Crippen molar-refractivity contribution in [1.29, 1.82) is 0 Å². The van der Waals surface area contributed by atoms with Crippen LogP contribution in [0.2, 0.25) is 0 Å². The van der Waals surface area contributed by atoms with E-state index >= 15 is 8.78 Å². The number of Topliss-reactive ketones (excluding diaryl/α,β-unsaturated/α-hetero) is 1. The zero-order valence-corrected chi connectivity index (χ0v) is 20.3. The van der Waals surface area contributed by atoms with Gasteiger partial charge in [-0.25, -0.2) is 22.4 Å². The van der Waals surface area contributed by atoms with Gasteiger partial charge in [0, 0.05) is 43.3 Å². The second-order valence-corrected chi connectivity index (χ2v) is 9.41. The minimum atomic E-state index is -2.84. The van der Waals surface area contributed by atoms with E-state index in [0.717, 1.165) is 43.0 Å². The fourth-order valence-electron chi connectivity index (χ4n) is 4.43. The van der Waals surface area contributed by atoms with Gasteiger partial charge >= 0.3 is 6.09 Å². The van der Waals surface area contributed by atoms with Crippen LogP contribution in [0.3, 0.4) is 0 Å². The van der Waals surface area contributed by atoms with Gasteiger partial charge in [0.05, 0.1) is 24.5 Å². The van der Waals surface area contributed by atoms with E-state index in [2.05, 4.69) is 22.9 Å². The number of carbonyl (C=O) groups is 2. The Labute approximate surface area is 211 Å². The van der Waals surface area contributed by atoms with Crippen LogP contribution in [0.1, 0.15) is 26.2 Å². The van der Waals surface area contributed by atoms with Crippen LogP contribution >= 0.6 is 12.2 Å². The number of alkyl halides is 2. The Hall–Kier alpha value is -3.15. The van der Waals surface area contributed by atoms with E-state index in [1.807, 2.05) is 4.90 Å². The first-order valence-electron chi connectivity index (χ1n) is 11.6. The third kappa shape index (κ3) is 5.63. The molecule has 0 bridgehead atoms. The number of hydrogen-bond acceptors (Lipinski definition) is 6. The molecular formula is C24H26F4N4O3S. The first-order chi connectivity index (χ1) is 17.1. The maximum absolute atomic E-state index is 15.0. The van der Waals surface area contributed by atoms with E-state index in [-0.39, 0.29) is 36.9 Å². The van der Waals surface area contributed by atoms with Crippen molar-refractivity contribution in [1.82, 2.24) is 10.2 Å². The Morgan fingerprint density at radius 1 is 1.17 bits per heavy atom. The minimum absolute atomic E-state index is 0.0142. The maximum Gasteiger partial charge on any atom is 0.414 e. The smallest absolute Gasteiger partial charge is 0.414 e. The number of ether oxygens (including phenoxy) is 1. The number of nitrogens with zero attached hydrogens (tertiary/aromatic N) is 2. The minimum Gasteiger partial charge on any atom is -0.442 e. The zero-order chi connectivity index (χ0) is 26.0. The number of thiocarbonyl (C=S) groups is 1. The monoisotopic (exact) mass is 526 g/mol. The highest BCUT2D eigenvalue weighted by Gasteiger charge is 2.34. The van der Waals surface area contributed by atoms with Crippen LogP contribution in [-0.2, 0) is 9.53 Å². The molecule has 194 valence electrons. The van der Waals surface area contributed by atoms with E-state index in [4.69, 9.17) is 4.74 Å². The molecule has 36 heavy (non-hydrogen) atoms. The molecule has 0 aromatic heterocycles. The number of nitrogens with one attached hydrogen (secondary N) is 2. The van der Waals surface area contributed by atoms with E-state index in [1.165, 1.54) is 0 Å². The molecule has 2 saturated heterocycles. The van der Waals surface area contributed by atoms with Crippen LogP contribution in [0.15, 0.2) is 35.7 Å². The van der Waals surface area contributed by atoms with Gasteiger partial charge in [-0.2, -0.15) is 0 Å². The molecule has 2 N–H and O–H groups in total. The Morgan fingerprint density at radius 3 is 2.47 bits per heavy atom. The largest absolute Gasteiger partial charge is 0.442 e. The molecule has 0 saturated carbocycles. The lowest BCUT2D eigenvalue weighted by atomic mass is 10.0. The van der Waals surface area contributed by atoms with Crippen LogP contribution in [0, 0.1) is 17.6 Å². The summed E-state index contributed by atoms with van der Waals surface area (Å²) in [6.45, 7) is 3.16. The van der Waals surface area contributed by atoms with Crippen LogP contribution in [0.25, 0.3) is 0 Å². The third-order valence-corrected chi connectivity index (χ3v) is 6.68.